The molecule has 0 saturated carbocycles. The van der Waals surface area contributed by atoms with Crippen molar-refractivity contribution in [1.82, 2.24) is 9.80 Å². The second-order valence-corrected chi connectivity index (χ2v) is 6.76. The molecule has 1 aromatic heterocycles. The Morgan fingerprint density at radius 2 is 1.86 bits per heavy atom. The molecule has 1 aliphatic heterocycles. The lowest BCUT2D eigenvalue weighted by Crippen LogP contribution is -2.37. The van der Waals surface area contributed by atoms with Crippen LogP contribution in [0.25, 0.3) is 5.76 Å². The summed E-state index contributed by atoms with van der Waals surface area (Å²) in [5, 5.41) is 10.9. The number of Topliss-reactive ketones (excluding diaryl/α,β-unsaturated/α-hetero) is 1. The van der Waals surface area contributed by atoms with Crippen molar-refractivity contribution in [3.63, 3.8) is 0 Å². The van der Waals surface area contributed by atoms with Gasteiger partial charge < -0.3 is 24.1 Å². The maximum Gasteiger partial charge on any atom is 0.295 e. The molecule has 2 heterocycles. The van der Waals surface area contributed by atoms with E-state index in [-0.39, 0.29) is 11.3 Å². The molecule has 1 N–H and O–H groups in total. The molecule has 29 heavy (non-hydrogen) atoms. The van der Waals surface area contributed by atoms with E-state index in [1.807, 2.05) is 13.8 Å². The summed E-state index contributed by atoms with van der Waals surface area (Å²) in [4.78, 5) is 29.3. The van der Waals surface area contributed by atoms with Crippen LogP contribution in [0.3, 0.4) is 0 Å². The van der Waals surface area contributed by atoms with Gasteiger partial charge in [0.1, 0.15) is 23.3 Å². The number of hydrogen-bond acceptors (Lipinski definition) is 6. The van der Waals surface area contributed by atoms with Crippen LogP contribution in [0.15, 0.2) is 52.7 Å². The van der Waals surface area contributed by atoms with Gasteiger partial charge in [0.2, 0.25) is 0 Å². The number of carbonyl (C=O) groups excluding carboxylic acids is 2. The van der Waals surface area contributed by atoms with Gasteiger partial charge in [-0.05, 0) is 49.5 Å². The van der Waals surface area contributed by atoms with Crippen LogP contribution in [0.4, 0.5) is 0 Å². The third kappa shape index (κ3) is 4.05. The molecular formula is C22H26N2O5. The molecule has 0 bridgehead atoms. The molecule has 1 amide bonds. The predicted molar refractivity (Wildman–Crippen MR) is 108 cm³/mol. The fourth-order valence-electron chi connectivity index (χ4n) is 3.55. The van der Waals surface area contributed by atoms with Crippen LogP contribution in [0.1, 0.15) is 31.2 Å². The van der Waals surface area contributed by atoms with Crippen LogP contribution in [-0.2, 0) is 9.59 Å². The Hall–Kier alpha value is -3.06. The summed E-state index contributed by atoms with van der Waals surface area (Å²) in [6.45, 7) is 6.77. The van der Waals surface area contributed by atoms with Crippen LogP contribution in [0.5, 0.6) is 5.75 Å². The number of likely N-dealkylation sites (N-methyl/N-ethyl adjacent to an activating group) is 1. The number of carbonyl (C=O) groups is 2. The van der Waals surface area contributed by atoms with Gasteiger partial charge in [0.05, 0.1) is 18.9 Å². The topological polar surface area (TPSA) is 83.2 Å². The number of furan rings is 1. The van der Waals surface area contributed by atoms with Crippen molar-refractivity contribution in [1.29, 1.82) is 0 Å². The average molecular weight is 398 g/mol. The van der Waals surface area contributed by atoms with E-state index < -0.39 is 17.7 Å². The molecular weight excluding hydrogens is 372 g/mol. The zero-order valence-corrected chi connectivity index (χ0v) is 16.9. The van der Waals surface area contributed by atoms with E-state index in [4.69, 9.17) is 9.15 Å². The summed E-state index contributed by atoms with van der Waals surface area (Å²) in [6.07, 6.45) is 1.49. The van der Waals surface area contributed by atoms with Crippen molar-refractivity contribution < 1.29 is 23.8 Å². The smallest absolute Gasteiger partial charge is 0.295 e. The first-order valence-electron chi connectivity index (χ1n) is 9.70. The molecule has 1 aliphatic rings. The van der Waals surface area contributed by atoms with Gasteiger partial charge in [-0.25, -0.2) is 0 Å². The Bertz CT molecular complexity index is 882. The van der Waals surface area contributed by atoms with Crippen LogP contribution in [0, 0.1) is 0 Å². The highest BCUT2D eigenvalue weighted by Crippen LogP contribution is 2.39. The van der Waals surface area contributed by atoms with Gasteiger partial charge in [-0.2, -0.15) is 0 Å². The quantitative estimate of drug-likeness (QED) is 0.418. The molecule has 0 unspecified atom stereocenters. The lowest BCUT2D eigenvalue weighted by atomic mass is 9.99. The van der Waals surface area contributed by atoms with Crippen molar-refractivity contribution in [2.75, 3.05) is 33.3 Å². The van der Waals surface area contributed by atoms with Gasteiger partial charge >= 0.3 is 0 Å². The standard InChI is InChI=1S/C22H26N2O5/c1-4-23(5-2)12-13-24-19(17-7-6-14-29-17)18(21(26)22(24)27)20(25)15-8-10-16(28-3)11-9-15/h6-11,14,19,25H,4-5,12-13H2,1-3H3/t19-/m1/s1. The monoisotopic (exact) mass is 398 g/mol. The second-order valence-electron chi connectivity index (χ2n) is 6.76. The normalized spacial score (nSPS) is 18.6. The third-order valence-electron chi connectivity index (χ3n) is 5.27. The van der Waals surface area contributed by atoms with E-state index in [0.717, 1.165) is 13.1 Å². The van der Waals surface area contributed by atoms with Crippen LogP contribution >= 0.6 is 0 Å². The lowest BCUT2D eigenvalue weighted by molar-refractivity contribution is -0.140. The average Bonchev–Trinajstić information content (AvgIpc) is 3.36. The molecule has 1 aromatic carbocycles. The van der Waals surface area contributed by atoms with Crippen molar-refractivity contribution >= 4 is 17.4 Å². The molecule has 2 aromatic rings. The van der Waals surface area contributed by atoms with Crippen LogP contribution in [-0.4, -0.2) is 59.9 Å². The summed E-state index contributed by atoms with van der Waals surface area (Å²) in [7, 11) is 1.55. The number of nitrogens with zero attached hydrogens (tertiary/aromatic N) is 2. The highest BCUT2D eigenvalue weighted by molar-refractivity contribution is 6.46. The molecule has 0 aliphatic carbocycles. The molecule has 7 heteroatoms. The number of hydrogen-bond donors (Lipinski definition) is 1. The van der Waals surface area contributed by atoms with Gasteiger partial charge in [0, 0.05) is 18.7 Å². The highest BCUT2D eigenvalue weighted by Gasteiger charge is 2.47. The molecule has 154 valence electrons. The van der Waals surface area contributed by atoms with Crippen molar-refractivity contribution in [2.24, 2.45) is 0 Å². The van der Waals surface area contributed by atoms with Gasteiger partial charge in [-0.15, -0.1) is 0 Å². The summed E-state index contributed by atoms with van der Waals surface area (Å²) in [6, 6.07) is 9.33. The van der Waals surface area contributed by atoms with E-state index >= 15 is 0 Å². The molecule has 1 saturated heterocycles. The number of benzene rings is 1. The number of ether oxygens (including phenoxy) is 1. The van der Waals surface area contributed by atoms with Crippen molar-refractivity contribution in [3.05, 3.63) is 59.6 Å². The fraction of sp³-hybridized carbons (Fsp3) is 0.364. The first-order valence-corrected chi connectivity index (χ1v) is 9.70. The minimum Gasteiger partial charge on any atom is -0.507 e. The molecule has 0 spiro atoms. The molecule has 1 fully saturated rings. The van der Waals surface area contributed by atoms with Crippen molar-refractivity contribution in [3.8, 4) is 5.75 Å². The SMILES string of the molecule is CCN(CC)CCN1C(=O)C(=O)C(=C(O)c2ccc(OC)cc2)[C@H]1c1ccco1. The van der Waals surface area contributed by atoms with E-state index in [1.165, 1.54) is 11.2 Å². The number of aliphatic hydroxyl groups is 1. The zero-order chi connectivity index (χ0) is 21.0. The van der Waals surface area contributed by atoms with Gasteiger partial charge in [0.25, 0.3) is 11.7 Å². The molecule has 3 rings (SSSR count). The minimum atomic E-state index is -0.761. The number of amides is 1. The Morgan fingerprint density at radius 1 is 1.17 bits per heavy atom. The Morgan fingerprint density at radius 3 is 2.41 bits per heavy atom. The summed E-state index contributed by atoms with van der Waals surface area (Å²) in [5.41, 5.74) is 0.471. The Balaban J connectivity index is 2.02. The maximum absolute atomic E-state index is 12.9. The van der Waals surface area contributed by atoms with Gasteiger partial charge in [0.15, 0.2) is 0 Å². The minimum absolute atomic E-state index is 0.0367. The number of ketones is 1. The van der Waals surface area contributed by atoms with E-state index in [0.29, 0.717) is 30.2 Å². The zero-order valence-electron chi connectivity index (χ0n) is 16.9. The Labute approximate surface area is 170 Å². The third-order valence-corrected chi connectivity index (χ3v) is 5.27. The summed E-state index contributed by atoms with van der Waals surface area (Å²) >= 11 is 0. The van der Waals surface area contributed by atoms with Crippen LogP contribution in [0.2, 0.25) is 0 Å². The van der Waals surface area contributed by atoms with Crippen LogP contribution < -0.4 is 4.74 Å². The lowest BCUT2D eigenvalue weighted by Gasteiger charge is -2.26. The van der Waals surface area contributed by atoms with E-state index in [2.05, 4.69) is 4.90 Å². The van der Waals surface area contributed by atoms with Crippen molar-refractivity contribution in [2.45, 2.75) is 19.9 Å². The van der Waals surface area contributed by atoms with E-state index in [9.17, 15) is 14.7 Å². The predicted octanol–water partition coefficient (Wildman–Crippen LogP) is 3.05. The number of aliphatic hydroxyl groups excluding tert-OH is 1. The Kier molecular flexibility index (Phi) is 6.39. The first kappa shape index (κ1) is 20.7. The summed E-state index contributed by atoms with van der Waals surface area (Å²) < 4.78 is 10.7. The van der Waals surface area contributed by atoms with Gasteiger partial charge in [-0.3, -0.25) is 9.59 Å². The summed E-state index contributed by atoms with van der Waals surface area (Å²) in [5.74, 6) is -0.492. The number of rotatable bonds is 8. The van der Waals surface area contributed by atoms with E-state index in [1.54, 1.807) is 43.5 Å². The molecule has 0 radical (unpaired) electrons. The second kappa shape index (κ2) is 8.96. The number of methoxy groups -OCH3 is 1. The first-order chi connectivity index (χ1) is 14.0. The highest BCUT2D eigenvalue weighted by atomic mass is 16.5. The fourth-order valence-corrected chi connectivity index (χ4v) is 3.55. The molecule has 7 nitrogen and oxygen atoms in total. The largest absolute Gasteiger partial charge is 0.507 e. The van der Waals surface area contributed by atoms with Gasteiger partial charge in [-0.1, -0.05) is 13.8 Å². The molecule has 1 atom stereocenters. The number of likely N-dealkylation sites (tertiary alicyclic amines) is 1. The maximum atomic E-state index is 12.9.